The molecule has 108 valence electrons. The van der Waals surface area contributed by atoms with Crippen LogP contribution in [0.25, 0.3) is 10.8 Å². The first-order chi connectivity index (χ1) is 9.62. The number of hydrogen-bond donors (Lipinski definition) is 1. The summed E-state index contributed by atoms with van der Waals surface area (Å²) < 4.78 is 5.94. The quantitative estimate of drug-likeness (QED) is 0.759. The van der Waals surface area contributed by atoms with Gasteiger partial charge in [-0.05, 0) is 42.7 Å². The first-order valence-electron chi connectivity index (χ1n) is 7.43. The van der Waals surface area contributed by atoms with Crippen LogP contribution in [0, 0.1) is 5.41 Å². The van der Waals surface area contributed by atoms with Crippen LogP contribution in [0.3, 0.4) is 0 Å². The topological polar surface area (TPSA) is 35.2 Å². The van der Waals surface area contributed by atoms with E-state index in [1.54, 1.807) is 0 Å². The fraction of sp³-hybridized carbons (Fsp3) is 0.444. The van der Waals surface area contributed by atoms with E-state index in [1.165, 1.54) is 10.8 Å². The first kappa shape index (κ1) is 14.9. The molecule has 0 amide bonds. The minimum atomic E-state index is 0.249. The standard InChI is InChI=1S/C18H25NO/c1-18(2,14-19)12-5-6-13-20-17-11-7-9-15-8-3-4-10-16(15)17/h3-4,7-11H,5-6,12-14,19H2,1-2H3. The van der Waals surface area contributed by atoms with Crippen molar-refractivity contribution in [1.29, 1.82) is 0 Å². The van der Waals surface area contributed by atoms with Crippen molar-refractivity contribution in [2.24, 2.45) is 11.1 Å². The molecule has 0 aliphatic rings. The highest BCUT2D eigenvalue weighted by atomic mass is 16.5. The zero-order valence-corrected chi connectivity index (χ0v) is 12.6. The summed E-state index contributed by atoms with van der Waals surface area (Å²) in [6.07, 6.45) is 3.39. The van der Waals surface area contributed by atoms with Crippen molar-refractivity contribution in [2.45, 2.75) is 33.1 Å². The summed E-state index contributed by atoms with van der Waals surface area (Å²) in [7, 11) is 0. The molecule has 0 aliphatic carbocycles. The van der Waals surface area contributed by atoms with Gasteiger partial charge in [-0.2, -0.15) is 0 Å². The van der Waals surface area contributed by atoms with Crippen molar-refractivity contribution >= 4 is 10.8 Å². The molecule has 0 fully saturated rings. The lowest BCUT2D eigenvalue weighted by Gasteiger charge is -2.21. The molecule has 0 saturated heterocycles. The Balaban J connectivity index is 1.85. The van der Waals surface area contributed by atoms with Gasteiger partial charge in [-0.1, -0.05) is 50.2 Å². The molecule has 2 aromatic carbocycles. The van der Waals surface area contributed by atoms with Gasteiger partial charge in [-0.15, -0.1) is 0 Å². The predicted molar refractivity (Wildman–Crippen MR) is 86.1 cm³/mol. The van der Waals surface area contributed by atoms with E-state index in [9.17, 15) is 0 Å². The van der Waals surface area contributed by atoms with Gasteiger partial charge in [0.2, 0.25) is 0 Å². The molecular formula is C18H25NO. The van der Waals surface area contributed by atoms with Gasteiger partial charge in [0.1, 0.15) is 5.75 Å². The van der Waals surface area contributed by atoms with Gasteiger partial charge in [0.05, 0.1) is 6.61 Å². The second-order valence-corrected chi connectivity index (χ2v) is 6.15. The normalized spacial score (nSPS) is 11.8. The van der Waals surface area contributed by atoms with Crippen LogP contribution in [-0.4, -0.2) is 13.2 Å². The van der Waals surface area contributed by atoms with E-state index >= 15 is 0 Å². The van der Waals surface area contributed by atoms with E-state index in [-0.39, 0.29) is 5.41 Å². The average molecular weight is 271 g/mol. The lowest BCUT2D eigenvalue weighted by atomic mass is 9.87. The minimum Gasteiger partial charge on any atom is -0.493 e. The third kappa shape index (κ3) is 3.97. The Labute approximate surface area is 121 Å². The second kappa shape index (κ2) is 6.76. The van der Waals surface area contributed by atoms with E-state index in [1.807, 2.05) is 6.07 Å². The Morgan fingerprint density at radius 3 is 2.55 bits per heavy atom. The molecule has 0 heterocycles. The fourth-order valence-corrected chi connectivity index (χ4v) is 2.31. The molecule has 2 heteroatoms. The van der Waals surface area contributed by atoms with Gasteiger partial charge in [-0.3, -0.25) is 0 Å². The van der Waals surface area contributed by atoms with E-state index < -0.39 is 0 Å². The molecule has 2 aromatic rings. The molecule has 0 spiro atoms. The van der Waals surface area contributed by atoms with Crippen LogP contribution in [0.5, 0.6) is 5.75 Å². The molecule has 0 bridgehead atoms. The third-order valence-corrected chi connectivity index (χ3v) is 3.81. The SMILES string of the molecule is CC(C)(CN)CCCCOc1cccc2ccccc12. The molecule has 0 unspecified atom stereocenters. The second-order valence-electron chi connectivity index (χ2n) is 6.15. The lowest BCUT2D eigenvalue weighted by molar-refractivity contribution is 0.281. The largest absolute Gasteiger partial charge is 0.493 e. The Bertz CT molecular complexity index is 543. The van der Waals surface area contributed by atoms with E-state index in [4.69, 9.17) is 10.5 Å². The molecule has 2 rings (SSSR count). The predicted octanol–water partition coefficient (Wildman–Crippen LogP) is 4.37. The van der Waals surface area contributed by atoms with Gasteiger partial charge >= 0.3 is 0 Å². The molecule has 0 radical (unpaired) electrons. The van der Waals surface area contributed by atoms with Crippen LogP contribution in [-0.2, 0) is 0 Å². The number of ether oxygens (including phenoxy) is 1. The average Bonchev–Trinajstić information content (AvgIpc) is 2.47. The summed E-state index contributed by atoms with van der Waals surface area (Å²) in [6, 6.07) is 14.6. The maximum absolute atomic E-state index is 5.94. The van der Waals surface area contributed by atoms with E-state index in [0.717, 1.165) is 38.2 Å². The number of hydrogen-bond acceptors (Lipinski definition) is 2. The minimum absolute atomic E-state index is 0.249. The van der Waals surface area contributed by atoms with E-state index in [2.05, 4.69) is 50.2 Å². The smallest absolute Gasteiger partial charge is 0.127 e. The Morgan fingerprint density at radius 2 is 1.75 bits per heavy atom. The molecule has 2 nitrogen and oxygen atoms in total. The zero-order valence-electron chi connectivity index (χ0n) is 12.6. The highest BCUT2D eigenvalue weighted by molar-refractivity contribution is 5.88. The molecule has 0 saturated carbocycles. The summed E-state index contributed by atoms with van der Waals surface area (Å²) in [5.41, 5.74) is 5.99. The molecule has 0 atom stereocenters. The highest BCUT2D eigenvalue weighted by Crippen LogP contribution is 2.26. The van der Waals surface area contributed by atoms with Gasteiger partial charge in [0, 0.05) is 5.39 Å². The number of unbranched alkanes of at least 4 members (excludes halogenated alkanes) is 1. The van der Waals surface area contributed by atoms with E-state index in [0.29, 0.717) is 0 Å². The lowest BCUT2D eigenvalue weighted by Crippen LogP contribution is -2.23. The maximum atomic E-state index is 5.94. The maximum Gasteiger partial charge on any atom is 0.127 e. The molecular weight excluding hydrogens is 246 g/mol. The molecule has 20 heavy (non-hydrogen) atoms. The zero-order chi connectivity index (χ0) is 14.4. The van der Waals surface area contributed by atoms with Crippen LogP contribution in [0.4, 0.5) is 0 Å². The highest BCUT2D eigenvalue weighted by Gasteiger charge is 2.14. The van der Waals surface area contributed by atoms with Crippen LogP contribution in [0.2, 0.25) is 0 Å². The Morgan fingerprint density at radius 1 is 1.00 bits per heavy atom. The van der Waals surface area contributed by atoms with Crippen LogP contribution >= 0.6 is 0 Å². The summed E-state index contributed by atoms with van der Waals surface area (Å²) >= 11 is 0. The molecule has 0 aromatic heterocycles. The van der Waals surface area contributed by atoms with Crippen molar-refractivity contribution in [2.75, 3.05) is 13.2 Å². The summed E-state index contributed by atoms with van der Waals surface area (Å²) in [5, 5.41) is 2.42. The number of nitrogens with two attached hydrogens (primary N) is 1. The van der Waals surface area contributed by atoms with Gasteiger partial charge in [0.25, 0.3) is 0 Å². The van der Waals surface area contributed by atoms with Crippen molar-refractivity contribution in [3.8, 4) is 5.75 Å². The van der Waals surface area contributed by atoms with Gasteiger partial charge < -0.3 is 10.5 Å². The van der Waals surface area contributed by atoms with Gasteiger partial charge in [0.15, 0.2) is 0 Å². The molecule has 0 aliphatic heterocycles. The van der Waals surface area contributed by atoms with Crippen LogP contribution in [0.1, 0.15) is 33.1 Å². The van der Waals surface area contributed by atoms with Crippen LogP contribution in [0.15, 0.2) is 42.5 Å². The Hall–Kier alpha value is -1.54. The third-order valence-electron chi connectivity index (χ3n) is 3.81. The summed E-state index contributed by atoms with van der Waals surface area (Å²) in [4.78, 5) is 0. The monoisotopic (exact) mass is 271 g/mol. The number of fused-ring (bicyclic) bond motifs is 1. The Kier molecular flexibility index (Phi) is 5.02. The van der Waals surface area contributed by atoms with Crippen molar-refractivity contribution in [3.63, 3.8) is 0 Å². The molecule has 2 N–H and O–H groups in total. The fourth-order valence-electron chi connectivity index (χ4n) is 2.31. The first-order valence-corrected chi connectivity index (χ1v) is 7.43. The summed E-state index contributed by atoms with van der Waals surface area (Å²) in [6.45, 7) is 5.96. The summed E-state index contributed by atoms with van der Waals surface area (Å²) in [5.74, 6) is 0.987. The van der Waals surface area contributed by atoms with Crippen molar-refractivity contribution < 1.29 is 4.74 Å². The van der Waals surface area contributed by atoms with Gasteiger partial charge in [-0.25, -0.2) is 0 Å². The van der Waals surface area contributed by atoms with Crippen LogP contribution < -0.4 is 10.5 Å². The number of benzene rings is 2. The van der Waals surface area contributed by atoms with Crippen molar-refractivity contribution in [1.82, 2.24) is 0 Å². The number of rotatable bonds is 7. The van der Waals surface area contributed by atoms with Crippen molar-refractivity contribution in [3.05, 3.63) is 42.5 Å².